The summed E-state index contributed by atoms with van der Waals surface area (Å²) in [5, 5.41) is 3.21. The molecule has 0 aliphatic carbocycles. The standard InChI is InChI=1S/C17H21N3O3/c1-11-3-4-13-14(9-11)17(23)20(16(13)22)10-15(21)19-7-5-12(18-2)6-8-19/h3-4,9,12,18H,5-8,10H2,1-2H3. The molecule has 0 unspecified atom stereocenters. The third-order valence-corrected chi connectivity index (χ3v) is 4.68. The number of carbonyl (C=O) groups excluding carboxylic acids is 3. The fraction of sp³-hybridized carbons (Fsp3) is 0.471. The number of fused-ring (bicyclic) bond motifs is 1. The molecule has 2 heterocycles. The van der Waals surface area contributed by atoms with Crippen LogP contribution in [0.2, 0.25) is 0 Å². The highest BCUT2D eigenvalue weighted by Crippen LogP contribution is 2.24. The van der Waals surface area contributed by atoms with Gasteiger partial charge in [0.05, 0.1) is 11.1 Å². The summed E-state index contributed by atoms with van der Waals surface area (Å²) in [5.41, 5.74) is 1.71. The summed E-state index contributed by atoms with van der Waals surface area (Å²) >= 11 is 0. The number of carbonyl (C=O) groups is 3. The molecule has 0 bridgehead atoms. The first-order valence-corrected chi connectivity index (χ1v) is 7.93. The van der Waals surface area contributed by atoms with E-state index < -0.39 is 0 Å². The molecule has 1 aromatic rings. The lowest BCUT2D eigenvalue weighted by molar-refractivity contribution is -0.132. The van der Waals surface area contributed by atoms with Crippen LogP contribution < -0.4 is 5.32 Å². The predicted octanol–water partition coefficient (Wildman–Crippen LogP) is 0.801. The predicted molar refractivity (Wildman–Crippen MR) is 85.2 cm³/mol. The first kappa shape index (κ1) is 15.7. The van der Waals surface area contributed by atoms with Crippen molar-refractivity contribution in [1.29, 1.82) is 0 Å². The van der Waals surface area contributed by atoms with Gasteiger partial charge in [0.1, 0.15) is 6.54 Å². The topological polar surface area (TPSA) is 69.7 Å². The Morgan fingerprint density at radius 2 is 1.83 bits per heavy atom. The van der Waals surface area contributed by atoms with Crippen LogP contribution in [0, 0.1) is 6.92 Å². The van der Waals surface area contributed by atoms with Crippen molar-refractivity contribution >= 4 is 17.7 Å². The van der Waals surface area contributed by atoms with Gasteiger partial charge < -0.3 is 10.2 Å². The molecule has 6 nitrogen and oxygen atoms in total. The number of hydrogen-bond acceptors (Lipinski definition) is 4. The molecule has 6 heteroatoms. The first-order valence-electron chi connectivity index (χ1n) is 7.93. The van der Waals surface area contributed by atoms with E-state index in [1.54, 1.807) is 23.1 Å². The number of hydrogen-bond donors (Lipinski definition) is 1. The minimum absolute atomic E-state index is 0.161. The van der Waals surface area contributed by atoms with Crippen molar-refractivity contribution in [2.45, 2.75) is 25.8 Å². The van der Waals surface area contributed by atoms with E-state index in [9.17, 15) is 14.4 Å². The van der Waals surface area contributed by atoms with E-state index in [0.717, 1.165) is 23.3 Å². The van der Waals surface area contributed by atoms with Crippen LogP contribution in [0.5, 0.6) is 0 Å². The summed E-state index contributed by atoms with van der Waals surface area (Å²) in [6, 6.07) is 5.60. The van der Waals surface area contributed by atoms with Crippen LogP contribution in [0.1, 0.15) is 39.1 Å². The molecule has 23 heavy (non-hydrogen) atoms. The summed E-state index contributed by atoms with van der Waals surface area (Å²) in [4.78, 5) is 40.0. The van der Waals surface area contributed by atoms with Crippen LogP contribution in [0.3, 0.4) is 0 Å². The van der Waals surface area contributed by atoms with Gasteiger partial charge in [0.2, 0.25) is 5.91 Å². The molecule has 3 rings (SSSR count). The minimum Gasteiger partial charge on any atom is -0.341 e. The van der Waals surface area contributed by atoms with Gasteiger partial charge in [-0.25, -0.2) is 0 Å². The third kappa shape index (κ3) is 2.86. The van der Waals surface area contributed by atoms with Crippen molar-refractivity contribution < 1.29 is 14.4 Å². The Balaban J connectivity index is 1.68. The van der Waals surface area contributed by atoms with Crippen LogP contribution in [0.25, 0.3) is 0 Å². The smallest absolute Gasteiger partial charge is 0.262 e. The maximum absolute atomic E-state index is 12.4. The maximum Gasteiger partial charge on any atom is 0.262 e. The Morgan fingerprint density at radius 3 is 2.48 bits per heavy atom. The number of nitrogens with one attached hydrogen (secondary N) is 1. The van der Waals surface area contributed by atoms with Gasteiger partial charge in [-0.3, -0.25) is 19.3 Å². The SMILES string of the molecule is CNC1CCN(C(=O)CN2C(=O)c3ccc(C)cc3C2=O)CC1. The van der Waals surface area contributed by atoms with E-state index in [0.29, 0.717) is 30.3 Å². The van der Waals surface area contributed by atoms with Crippen LogP contribution >= 0.6 is 0 Å². The zero-order valence-corrected chi connectivity index (χ0v) is 13.5. The van der Waals surface area contributed by atoms with Crippen LogP contribution in [0.15, 0.2) is 18.2 Å². The molecule has 3 amide bonds. The van der Waals surface area contributed by atoms with E-state index in [-0.39, 0.29) is 24.3 Å². The van der Waals surface area contributed by atoms with Crippen molar-refractivity contribution in [2.24, 2.45) is 0 Å². The molecule has 2 aliphatic heterocycles. The van der Waals surface area contributed by atoms with Gasteiger partial charge in [-0.15, -0.1) is 0 Å². The number of nitrogens with zero attached hydrogens (tertiary/aromatic N) is 2. The fourth-order valence-electron chi connectivity index (χ4n) is 3.20. The number of imide groups is 1. The fourth-order valence-corrected chi connectivity index (χ4v) is 3.20. The Kier molecular flexibility index (Phi) is 4.17. The Labute approximate surface area is 135 Å². The molecule has 1 N–H and O–H groups in total. The number of piperidine rings is 1. The maximum atomic E-state index is 12.4. The van der Waals surface area contributed by atoms with E-state index in [1.807, 2.05) is 14.0 Å². The van der Waals surface area contributed by atoms with Gasteiger partial charge in [-0.1, -0.05) is 11.6 Å². The van der Waals surface area contributed by atoms with Crippen molar-refractivity contribution in [3.05, 3.63) is 34.9 Å². The number of likely N-dealkylation sites (tertiary alicyclic amines) is 1. The molecule has 0 spiro atoms. The molecule has 0 radical (unpaired) electrons. The second-order valence-corrected chi connectivity index (χ2v) is 6.19. The second kappa shape index (κ2) is 6.12. The third-order valence-electron chi connectivity index (χ3n) is 4.68. The molecular weight excluding hydrogens is 294 g/mol. The molecule has 0 saturated carbocycles. The number of amides is 3. The van der Waals surface area contributed by atoms with Gasteiger partial charge in [0, 0.05) is 19.1 Å². The lowest BCUT2D eigenvalue weighted by atomic mass is 10.1. The Morgan fingerprint density at radius 1 is 1.17 bits per heavy atom. The molecule has 0 atom stereocenters. The molecule has 1 aromatic carbocycles. The van der Waals surface area contributed by atoms with Crippen molar-refractivity contribution in [1.82, 2.24) is 15.1 Å². The van der Waals surface area contributed by atoms with Crippen LogP contribution in [0.4, 0.5) is 0 Å². The van der Waals surface area contributed by atoms with E-state index in [4.69, 9.17) is 0 Å². The Hall–Kier alpha value is -2.21. The molecule has 122 valence electrons. The van der Waals surface area contributed by atoms with E-state index in [2.05, 4.69) is 5.32 Å². The van der Waals surface area contributed by atoms with E-state index >= 15 is 0 Å². The minimum atomic E-state index is -0.372. The van der Waals surface area contributed by atoms with Gasteiger partial charge >= 0.3 is 0 Å². The summed E-state index contributed by atoms with van der Waals surface area (Å²) < 4.78 is 0. The van der Waals surface area contributed by atoms with Crippen molar-refractivity contribution in [2.75, 3.05) is 26.7 Å². The monoisotopic (exact) mass is 315 g/mol. The number of benzene rings is 1. The average Bonchev–Trinajstić information content (AvgIpc) is 2.79. The van der Waals surface area contributed by atoms with Gasteiger partial charge in [0.15, 0.2) is 0 Å². The highest BCUT2D eigenvalue weighted by Gasteiger charge is 2.37. The van der Waals surface area contributed by atoms with Crippen molar-refractivity contribution in [3.63, 3.8) is 0 Å². The normalized spacial score (nSPS) is 18.5. The molecule has 1 fully saturated rings. The van der Waals surface area contributed by atoms with Crippen molar-refractivity contribution in [3.8, 4) is 0 Å². The number of aryl methyl sites for hydroxylation is 1. The number of rotatable bonds is 3. The van der Waals surface area contributed by atoms with Crippen LogP contribution in [-0.2, 0) is 4.79 Å². The molecule has 1 saturated heterocycles. The lowest BCUT2D eigenvalue weighted by Gasteiger charge is -2.32. The lowest BCUT2D eigenvalue weighted by Crippen LogP contribution is -2.48. The quantitative estimate of drug-likeness (QED) is 0.838. The van der Waals surface area contributed by atoms with Gasteiger partial charge in [-0.05, 0) is 38.9 Å². The second-order valence-electron chi connectivity index (χ2n) is 6.19. The zero-order chi connectivity index (χ0) is 16.6. The zero-order valence-electron chi connectivity index (χ0n) is 13.5. The summed E-state index contributed by atoms with van der Waals surface area (Å²) in [6.07, 6.45) is 1.78. The average molecular weight is 315 g/mol. The summed E-state index contributed by atoms with van der Waals surface area (Å²) in [7, 11) is 1.92. The largest absolute Gasteiger partial charge is 0.341 e. The highest BCUT2D eigenvalue weighted by molar-refractivity contribution is 6.22. The van der Waals surface area contributed by atoms with E-state index in [1.165, 1.54) is 0 Å². The van der Waals surface area contributed by atoms with Crippen LogP contribution in [-0.4, -0.2) is 60.2 Å². The highest BCUT2D eigenvalue weighted by atomic mass is 16.2. The molecule has 0 aromatic heterocycles. The molecule has 2 aliphatic rings. The molecular formula is C17H21N3O3. The first-order chi connectivity index (χ1) is 11.0. The Bertz CT molecular complexity index is 663. The summed E-state index contributed by atoms with van der Waals surface area (Å²) in [5.74, 6) is -0.901. The van der Waals surface area contributed by atoms with Gasteiger partial charge in [-0.2, -0.15) is 0 Å². The summed E-state index contributed by atoms with van der Waals surface area (Å²) in [6.45, 7) is 3.02. The van der Waals surface area contributed by atoms with Gasteiger partial charge in [0.25, 0.3) is 11.8 Å².